The molecule has 2 amide bonds. The van der Waals surface area contributed by atoms with E-state index in [1.54, 1.807) is 20.1 Å². The molecular weight excluding hydrogens is 352 g/mol. The third-order valence-corrected chi connectivity index (χ3v) is 5.47. The van der Waals surface area contributed by atoms with Gasteiger partial charge in [-0.2, -0.15) is 0 Å². The van der Waals surface area contributed by atoms with Crippen LogP contribution in [-0.2, 0) is 16.0 Å². The molecule has 2 atom stereocenters. The second-order valence-corrected chi connectivity index (χ2v) is 7.28. The van der Waals surface area contributed by atoms with Gasteiger partial charge in [0.05, 0.1) is 19.1 Å². The van der Waals surface area contributed by atoms with Crippen LogP contribution in [0.4, 0.5) is 5.69 Å². The number of carbonyl (C=O) groups excluding carboxylic acids is 2. The Morgan fingerprint density at radius 2 is 1.89 bits per heavy atom. The lowest BCUT2D eigenvalue weighted by Gasteiger charge is -2.39. The molecule has 1 saturated heterocycles. The Bertz CT molecular complexity index is 832. The van der Waals surface area contributed by atoms with Crippen LogP contribution in [0.15, 0.2) is 48.5 Å². The first-order valence-electron chi connectivity index (χ1n) is 9.82. The van der Waals surface area contributed by atoms with Crippen LogP contribution in [0.2, 0.25) is 0 Å². The predicted molar refractivity (Wildman–Crippen MR) is 110 cm³/mol. The number of piperidine rings is 1. The zero-order valence-electron chi connectivity index (χ0n) is 16.8. The Morgan fingerprint density at radius 1 is 1.14 bits per heavy atom. The predicted octanol–water partition coefficient (Wildman–Crippen LogP) is 4.20. The summed E-state index contributed by atoms with van der Waals surface area (Å²) in [5.41, 5.74) is 3.12. The highest BCUT2D eigenvalue weighted by atomic mass is 16.5. The van der Waals surface area contributed by atoms with Crippen molar-refractivity contribution in [2.24, 2.45) is 5.92 Å². The summed E-state index contributed by atoms with van der Waals surface area (Å²) >= 11 is 0. The summed E-state index contributed by atoms with van der Waals surface area (Å²) in [6.45, 7) is 4.14. The molecule has 28 heavy (non-hydrogen) atoms. The average Bonchev–Trinajstić information content (AvgIpc) is 2.73. The zero-order chi connectivity index (χ0) is 20.1. The van der Waals surface area contributed by atoms with E-state index >= 15 is 0 Å². The minimum absolute atomic E-state index is 0.00319. The van der Waals surface area contributed by atoms with Gasteiger partial charge in [-0.15, -0.1) is 0 Å². The topological polar surface area (TPSA) is 58.6 Å². The number of nitrogens with zero attached hydrogens (tertiary/aromatic N) is 1. The number of nitrogens with one attached hydrogen (secondary N) is 1. The number of ether oxygens (including phenoxy) is 1. The molecule has 5 nitrogen and oxygen atoms in total. The maximum atomic E-state index is 12.8. The van der Waals surface area contributed by atoms with Crippen molar-refractivity contribution < 1.29 is 14.3 Å². The van der Waals surface area contributed by atoms with Crippen molar-refractivity contribution in [3.05, 3.63) is 59.7 Å². The van der Waals surface area contributed by atoms with E-state index in [1.165, 1.54) is 5.56 Å². The number of benzene rings is 2. The van der Waals surface area contributed by atoms with Gasteiger partial charge in [0, 0.05) is 25.2 Å². The molecule has 0 aromatic heterocycles. The fourth-order valence-electron chi connectivity index (χ4n) is 3.80. The molecule has 2 aromatic rings. The number of likely N-dealkylation sites (tertiary alicyclic amines) is 1. The Balaban J connectivity index is 1.70. The quantitative estimate of drug-likeness (QED) is 0.846. The highest BCUT2D eigenvalue weighted by molar-refractivity contribution is 5.93. The monoisotopic (exact) mass is 380 g/mol. The summed E-state index contributed by atoms with van der Waals surface area (Å²) in [5, 5.41) is 2.96. The first-order valence-corrected chi connectivity index (χ1v) is 9.82. The molecular formula is C23H28N2O3. The number of anilines is 1. The van der Waals surface area contributed by atoms with E-state index in [1.807, 2.05) is 23.1 Å². The number of rotatable bonds is 5. The molecule has 1 N–H and O–H groups in total. The summed E-state index contributed by atoms with van der Waals surface area (Å²) in [6.07, 6.45) is 2.52. The number of hydrogen-bond donors (Lipinski definition) is 1. The minimum atomic E-state index is -0.221. The van der Waals surface area contributed by atoms with Gasteiger partial charge in [0.2, 0.25) is 11.8 Å². The Kier molecular flexibility index (Phi) is 6.34. The molecule has 2 unspecified atom stereocenters. The van der Waals surface area contributed by atoms with Crippen LogP contribution in [0.3, 0.4) is 0 Å². The number of amides is 2. The van der Waals surface area contributed by atoms with E-state index in [-0.39, 0.29) is 23.8 Å². The second kappa shape index (κ2) is 8.91. The van der Waals surface area contributed by atoms with Gasteiger partial charge in [0.15, 0.2) is 0 Å². The fraction of sp³-hybridized carbons (Fsp3) is 0.391. The van der Waals surface area contributed by atoms with Crippen LogP contribution in [-0.4, -0.2) is 30.4 Å². The van der Waals surface area contributed by atoms with E-state index in [0.717, 1.165) is 24.8 Å². The van der Waals surface area contributed by atoms with Crippen molar-refractivity contribution in [2.45, 2.75) is 39.2 Å². The van der Waals surface area contributed by atoms with Crippen LogP contribution in [0.25, 0.3) is 0 Å². The van der Waals surface area contributed by atoms with Gasteiger partial charge in [-0.3, -0.25) is 9.59 Å². The largest absolute Gasteiger partial charge is 0.497 e. The Morgan fingerprint density at radius 3 is 2.54 bits per heavy atom. The summed E-state index contributed by atoms with van der Waals surface area (Å²) in [4.78, 5) is 26.9. The van der Waals surface area contributed by atoms with Crippen molar-refractivity contribution in [1.29, 1.82) is 0 Å². The Hall–Kier alpha value is -2.82. The molecule has 0 radical (unpaired) electrons. The smallest absolute Gasteiger partial charge is 0.229 e. The third-order valence-electron chi connectivity index (χ3n) is 5.47. The van der Waals surface area contributed by atoms with E-state index < -0.39 is 0 Å². The number of hydrogen-bond acceptors (Lipinski definition) is 3. The summed E-state index contributed by atoms with van der Waals surface area (Å²) < 4.78 is 5.21. The maximum Gasteiger partial charge on any atom is 0.229 e. The molecule has 0 aliphatic carbocycles. The van der Waals surface area contributed by atoms with Crippen LogP contribution < -0.4 is 10.1 Å². The first kappa shape index (κ1) is 19.9. The van der Waals surface area contributed by atoms with E-state index in [2.05, 4.69) is 36.5 Å². The maximum absolute atomic E-state index is 12.8. The lowest BCUT2D eigenvalue weighted by Crippen LogP contribution is -2.44. The SMILES string of the molecule is CCc1ccc(C2CCC(C(=O)Nc3cccc(OC)c3)CN2C(C)=O)cc1. The van der Waals surface area contributed by atoms with Crippen LogP contribution in [0.5, 0.6) is 5.75 Å². The molecule has 0 spiro atoms. The molecule has 1 fully saturated rings. The summed E-state index contributed by atoms with van der Waals surface area (Å²) in [6, 6.07) is 15.8. The highest BCUT2D eigenvalue weighted by Gasteiger charge is 2.34. The molecule has 3 rings (SSSR count). The summed E-state index contributed by atoms with van der Waals surface area (Å²) in [5.74, 6) is 0.423. The molecule has 2 aromatic carbocycles. The Labute approximate surface area is 166 Å². The molecule has 1 aliphatic rings. The van der Waals surface area contributed by atoms with Crippen molar-refractivity contribution in [2.75, 3.05) is 19.0 Å². The molecule has 1 heterocycles. The standard InChI is InChI=1S/C23H28N2O3/c1-4-17-8-10-18(11-9-17)22-13-12-19(15-25(22)16(2)26)23(27)24-20-6-5-7-21(14-20)28-3/h5-11,14,19,22H,4,12-13,15H2,1-3H3,(H,24,27). The fourth-order valence-corrected chi connectivity index (χ4v) is 3.80. The lowest BCUT2D eigenvalue weighted by atomic mass is 9.88. The third kappa shape index (κ3) is 4.53. The van der Waals surface area contributed by atoms with E-state index in [0.29, 0.717) is 18.0 Å². The van der Waals surface area contributed by atoms with Crippen molar-refractivity contribution in [3.8, 4) is 5.75 Å². The van der Waals surface area contributed by atoms with Gasteiger partial charge < -0.3 is 15.0 Å². The normalized spacial score (nSPS) is 19.2. The van der Waals surface area contributed by atoms with Gasteiger partial charge >= 0.3 is 0 Å². The van der Waals surface area contributed by atoms with Crippen molar-refractivity contribution in [1.82, 2.24) is 4.90 Å². The van der Waals surface area contributed by atoms with Crippen LogP contribution in [0, 0.1) is 5.92 Å². The molecule has 148 valence electrons. The highest BCUT2D eigenvalue weighted by Crippen LogP contribution is 2.34. The molecule has 0 saturated carbocycles. The van der Waals surface area contributed by atoms with Gasteiger partial charge in [0.1, 0.15) is 5.75 Å². The van der Waals surface area contributed by atoms with Gasteiger partial charge in [0.25, 0.3) is 0 Å². The number of methoxy groups -OCH3 is 1. The first-order chi connectivity index (χ1) is 13.5. The molecule has 0 bridgehead atoms. The van der Waals surface area contributed by atoms with E-state index in [4.69, 9.17) is 4.74 Å². The number of carbonyl (C=O) groups is 2. The molecule has 1 aliphatic heterocycles. The van der Waals surface area contributed by atoms with Gasteiger partial charge in [-0.25, -0.2) is 0 Å². The van der Waals surface area contributed by atoms with Crippen molar-refractivity contribution in [3.63, 3.8) is 0 Å². The van der Waals surface area contributed by atoms with Gasteiger partial charge in [-0.05, 0) is 42.5 Å². The zero-order valence-corrected chi connectivity index (χ0v) is 16.8. The lowest BCUT2D eigenvalue weighted by molar-refractivity contribution is -0.135. The second-order valence-electron chi connectivity index (χ2n) is 7.28. The number of aryl methyl sites for hydroxylation is 1. The van der Waals surface area contributed by atoms with Crippen molar-refractivity contribution >= 4 is 17.5 Å². The minimum Gasteiger partial charge on any atom is -0.497 e. The molecule has 5 heteroatoms. The summed E-state index contributed by atoms with van der Waals surface area (Å²) in [7, 11) is 1.60. The van der Waals surface area contributed by atoms with Crippen LogP contribution >= 0.6 is 0 Å². The average molecular weight is 380 g/mol. The van der Waals surface area contributed by atoms with E-state index in [9.17, 15) is 9.59 Å². The van der Waals surface area contributed by atoms with Crippen LogP contribution in [0.1, 0.15) is 43.9 Å². The van der Waals surface area contributed by atoms with Gasteiger partial charge in [-0.1, -0.05) is 37.3 Å².